The summed E-state index contributed by atoms with van der Waals surface area (Å²) in [5.41, 5.74) is 0.688. The van der Waals surface area contributed by atoms with E-state index < -0.39 is 0 Å². The number of benzene rings is 1. The first kappa shape index (κ1) is 13.6. The molecule has 2 aromatic rings. The number of hydrogen-bond donors (Lipinski definition) is 0. The van der Waals surface area contributed by atoms with Gasteiger partial charge in [0.25, 0.3) is 0 Å². The van der Waals surface area contributed by atoms with Crippen molar-refractivity contribution in [3.63, 3.8) is 0 Å². The smallest absolute Gasteiger partial charge is 0.245 e. The molecule has 5 nitrogen and oxygen atoms in total. The Bertz CT molecular complexity index is 701. The van der Waals surface area contributed by atoms with Gasteiger partial charge in [-0.25, -0.2) is 4.68 Å². The average molecular weight is 296 g/mol. The third-order valence-electron chi connectivity index (χ3n) is 2.19. The fourth-order valence-electron chi connectivity index (χ4n) is 1.38. The van der Waals surface area contributed by atoms with Crippen molar-refractivity contribution in [2.45, 2.75) is 13.8 Å². The number of rotatable bonds is 2. The lowest BCUT2D eigenvalue weighted by Crippen LogP contribution is -2.15. The van der Waals surface area contributed by atoms with Crippen LogP contribution in [0.5, 0.6) is 0 Å². The Kier molecular flexibility index (Phi) is 3.92. The van der Waals surface area contributed by atoms with Gasteiger partial charge in [0.05, 0.1) is 5.69 Å². The van der Waals surface area contributed by atoms with E-state index in [1.165, 1.54) is 18.5 Å². The first-order chi connectivity index (χ1) is 8.97. The monoisotopic (exact) mass is 295 g/mol. The molecule has 1 aromatic heterocycles. The van der Waals surface area contributed by atoms with E-state index in [1.807, 2.05) is 0 Å². The minimum Gasteiger partial charge on any atom is -0.292 e. The number of halogens is 1. The summed E-state index contributed by atoms with van der Waals surface area (Å²) in [5.74, 6) is -0.515. The first-order valence-corrected chi connectivity index (χ1v) is 6.59. The molecule has 0 atom stereocenters. The molecule has 2 rings (SSSR count). The topological polar surface area (TPSA) is 64.3 Å². The highest BCUT2D eigenvalue weighted by Gasteiger charge is 2.11. The van der Waals surface area contributed by atoms with Gasteiger partial charge >= 0.3 is 0 Å². The molecule has 1 aromatic carbocycles. The molecule has 0 fully saturated rings. The largest absolute Gasteiger partial charge is 0.292 e. The lowest BCUT2D eigenvalue weighted by molar-refractivity contribution is -0.116. The van der Waals surface area contributed by atoms with Gasteiger partial charge in [-0.05, 0) is 24.3 Å². The van der Waals surface area contributed by atoms with Crippen LogP contribution >= 0.6 is 22.9 Å². The lowest BCUT2D eigenvalue weighted by atomic mass is 10.3. The van der Waals surface area contributed by atoms with Crippen LogP contribution in [0.4, 0.5) is 0 Å². The van der Waals surface area contributed by atoms with E-state index in [-0.39, 0.29) is 11.7 Å². The summed E-state index contributed by atoms with van der Waals surface area (Å²) in [6, 6.07) is 6.89. The van der Waals surface area contributed by atoms with Crippen LogP contribution in [-0.2, 0) is 4.79 Å². The number of aromatic nitrogens is 2. The summed E-state index contributed by atoms with van der Waals surface area (Å²) < 4.78 is 1.46. The molecule has 0 radical (unpaired) electrons. The van der Waals surface area contributed by atoms with E-state index in [4.69, 9.17) is 11.6 Å². The highest BCUT2D eigenvalue weighted by atomic mass is 35.5. The van der Waals surface area contributed by atoms with Crippen molar-refractivity contribution in [2.24, 2.45) is 4.99 Å². The normalized spacial score (nSPS) is 11.6. The van der Waals surface area contributed by atoms with E-state index in [0.717, 1.165) is 11.3 Å². The summed E-state index contributed by atoms with van der Waals surface area (Å²) in [6.07, 6.45) is 0. The van der Waals surface area contributed by atoms with Crippen molar-refractivity contribution < 1.29 is 9.59 Å². The third kappa shape index (κ3) is 3.15. The molecule has 98 valence electrons. The molecule has 1 heterocycles. The SMILES string of the molecule is CC(=O)N=c1sc(C(C)=O)nn1-c1ccc(Cl)cc1. The summed E-state index contributed by atoms with van der Waals surface area (Å²) in [4.78, 5) is 26.7. The second-order valence-corrected chi connectivity index (χ2v) is 5.16. The molecular weight excluding hydrogens is 286 g/mol. The van der Waals surface area contributed by atoms with Crippen LogP contribution in [0.25, 0.3) is 5.69 Å². The maximum atomic E-state index is 11.4. The summed E-state index contributed by atoms with van der Waals surface area (Å²) in [5, 5.41) is 5.05. The molecular formula is C12H10ClN3O2S. The van der Waals surface area contributed by atoms with Gasteiger partial charge in [-0.15, -0.1) is 0 Å². The average Bonchev–Trinajstić information content (AvgIpc) is 2.73. The van der Waals surface area contributed by atoms with E-state index in [9.17, 15) is 9.59 Å². The van der Waals surface area contributed by atoms with Crippen molar-refractivity contribution in [3.8, 4) is 5.69 Å². The van der Waals surface area contributed by atoms with Gasteiger partial charge in [0.2, 0.25) is 10.7 Å². The number of carbonyl (C=O) groups excluding carboxylic acids is 2. The summed E-state index contributed by atoms with van der Waals surface area (Å²) in [7, 11) is 0. The molecule has 0 bridgehead atoms. The highest BCUT2D eigenvalue weighted by molar-refractivity contribution is 7.11. The molecule has 0 aliphatic rings. The van der Waals surface area contributed by atoms with Crippen LogP contribution in [0.15, 0.2) is 29.3 Å². The molecule has 0 aliphatic heterocycles. The molecule has 7 heteroatoms. The number of amides is 1. The predicted molar refractivity (Wildman–Crippen MR) is 72.7 cm³/mol. The zero-order valence-electron chi connectivity index (χ0n) is 10.3. The zero-order chi connectivity index (χ0) is 14.0. The molecule has 0 saturated carbocycles. The minimum atomic E-state index is -0.346. The summed E-state index contributed by atoms with van der Waals surface area (Å²) in [6.45, 7) is 2.77. The predicted octanol–water partition coefficient (Wildman–Crippen LogP) is 2.24. The fourth-order valence-corrected chi connectivity index (χ4v) is 2.35. The van der Waals surface area contributed by atoms with Gasteiger partial charge in [0, 0.05) is 18.9 Å². The number of Topliss-reactive ketones (excluding diaryl/α,β-unsaturated/α-hetero) is 1. The van der Waals surface area contributed by atoms with Crippen LogP contribution < -0.4 is 4.80 Å². The van der Waals surface area contributed by atoms with E-state index in [1.54, 1.807) is 24.3 Å². The van der Waals surface area contributed by atoms with Crippen LogP contribution in [0.3, 0.4) is 0 Å². The van der Waals surface area contributed by atoms with Gasteiger partial charge in [0.15, 0.2) is 10.8 Å². The molecule has 0 N–H and O–H groups in total. The molecule has 19 heavy (non-hydrogen) atoms. The third-order valence-corrected chi connectivity index (χ3v) is 3.45. The Morgan fingerprint density at radius 3 is 2.42 bits per heavy atom. The lowest BCUT2D eigenvalue weighted by Gasteiger charge is -2.00. The number of hydrogen-bond acceptors (Lipinski definition) is 4. The Hall–Kier alpha value is -1.79. The second-order valence-electron chi connectivity index (χ2n) is 3.77. The van der Waals surface area contributed by atoms with E-state index >= 15 is 0 Å². The van der Waals surface area contributed by atoms with Gasteiger partial charge < -0.3 is 0 Å². The number of nitrogens with zero attached hydrogens (tertiary/aromatic N) is 3. The maximum absolute atomic E-state index is 11.4. The highest BCUT2D eigenvalue weighted by Crippen LogP contribution is 2.13. The fraction of sp³-hybridized carbons (Fsp3) is 0.167. The first-order valence-electron chi connectivity index (χ1n) is 5.39. The van der Waals surface area contributed by atoms with Crippen molar-refractivity contribution in [1.82, 2.24) is 9.78 Å². The van der Waals surface area contributed by atoms with Crippen molar-refractivity contribution >= 4 is 34.6 Å². The van der Waals surface area contributed by atoms with E-state index in [2.05, 4.69) is 10.1 Å². The second kappa shape index (κ2) is 5.46. The molecule has 0 saturated heterocycles. The Morgan fingerprint density at radius 1 is 1.26 bits per heavy atom. The standard InChI is InChI=1S/C12H10ClN3O2S/c1-7(17)11-15-16(12(19-11)14-8(2)18)10-5-3-9(13)4-6-10/h3-6H,1-2H3. The van der Waals surface area contributed by atoms with Gasteiger partial charge in [-0.2, -0.15) is 10.1 Å². The zero-order valence-corrected chi connectivity index (χ0v) is 11.8. The Labute approximate surface area is 118 Å². The molecule has 1 amide bonds. The summed E-state index contributed by atoms with van der Waals surface area (Å²) >= 11 is 6.90. The number of ketones is 1. The van der Waals surface area contributed by atoms with Gasteiger partial charge in [0.1, 0.15) is 0 Å². The Morgan fingerprint density at radius 2 is 1.89 bits per heavy atom. The van der Waals surface area contributed by atoms with Crippen molar-refractivity contribution in [1.29, 1.82) is 0 Å². The molecule has 0 spiro atoms. The molecule has 0 unspecified atom stereocenters. The van der Waals surface area contributed by atoms with Gasteiger partial charge in [-0.1, -0.05) is 22.9 Å². The minimum absolute atomic E-state index is 0.169. The van der Waals surface area contributed by atoms with Crippen molar-refractivity contribution in [3.05, 3.63) is 39.1 Å². The number of carbonyl (C=O) groups is 2. The quantitative estimate of drug-likeness (QED) is 0.798. The maximum Gasteiger partial charge on any atom is 0.245 e. The van der Waals surface area contributed by atoms with Crippen LogP contribution in [-0.4, -0.2) is 21.5 Å². The molecule has 0 aliphatic carbocycles. The van der Waals surface area contributed by atoms with Crippen molar-refractivity contribution in [2.75, 3.05) is 0 Å². The van der Waals surface area contributed by atoms with Gasteiger partial charge in [-0.3, -0.25) is 9.59 Å². The van der Waals surface area contributed by atoms with Crippen LogP contribution in [0.2, 0.25) is 5.02 Å². The van der Waals surface area contributed by atoms with E-state index in [0.29, 0.717) is 20.5 Å². The van der Waals surface area contributed by atoms with Crippen LogP contribution in [0.1, 0.15) is 23.6 Å². The Balaban J connectivity index is 2.64. The van der Waals surface area contributed by atoms with Crippen LogP contribution in [0, 0.1) is 0 Å².